The highest BCUT2D eigenvalue weighted by Gasteiger charge is 2.30. The Balaban J connectivity index is 1.43. The summed E-state index contributed by atoms with van der Waals surface area (Å²) in [5.41, 5.74) is 5.33. The molecule has 3 N–H and O–H groups in total. The molecule has 1 aliphatic heterocycles. The van der Waals surface area contributed by atoms with Crippen LogP contribution in [-0.4, -0.2) is 50.5 Å². The van der Waals surface area contributed by atoms with E-state index in [1.807, 2.05) is 85.9 Å². The number of anilines is 2. The third kappa shape index (κ3) is 4.13. The molecule has 10 heteroatoms. The van der Waals surface area contributed by atoms with Crippen LogP contribution in [0.25, 0.3) is 16.7 Å². The maximum Gasteiger partial charge on any atom is 0.274 e. The molecule has 2 aromatic heterocycles. The van der Waals surface area contributed by atoms with Crippen LogP contribution < -0.4 is 16.0 Å². The SMILES string of the molecule is CNc1ccc(-n2nc3cncnc3c2C(=O)N[C@H]2N=C(c3ccccc3)c3ccccc3NC2=O)cc1. The minimum absolute atomic E-state index is 0.172. The highest BCUT2D eigenvalue weighted by atomic mass is 16.2. The zero-order valence-electron chi connectivity index (χ0n) is 20.3. The van der Waals surface area contributed by atoms with Gasteiger partial charge < -0.3 is 16.0 Å². The quantitative estimate of drug-likeness (QED) is 0.338. The van der Waals surface area contributed by atoms with Crippen molar-refractivity contribution >= 4 is 39.9 Å². The van der Waals surface area contributed by atoms with Gasteiger partial charge in [0.25, 0.3) is 11.8 Å². The number of fused-ring (bicyclic) bond motifs is 2. The van der Waals surface area contributed by atoms with Crippen molar-refractivity contribution < 1.29 is 9.59 Å². The van der Waals surface area contributed by atoms with Gasteiger partial charge in [-0.3, -0.25) is 9.59 Å². The molecular formula is C28H22N8O2. The number of benzodiazepines with no additional fused rings is 1. The Labute approximate surface area is 217 Å². The van der Waals surface area contributed by atoms with Crippen molar-refractivity contribution in [3.8, 4) is 5.69 Å². The molecule has 0 radical (unpaired) electrons. The summed E-state index contributed by atoms with van der Waals surface area (Å²) in [7, 11) is 1.83. The molecular weight excluding hydrogens is 480 g/mol. The molecule has 1 atom stereocenters. The van der Waals surface area contributed by atoms with E-state index in [4.69, 9.17) is 4.99 Å². The maximum absolute atomic E-state index is 13.8. The van der Waals surface area contributed by atoms with Crippen LogP contribution >= 0.6 is 0 Å². The second-order valence-corrected chi connectivity index (χ2v) is 8.57. The van der Waals surface area contributed by atoms with Gasteiger partial charge >= 0.3 is 0 Å². The standard InChI is InChI=1S/C28H22N8O2/c1-29-18-11-13-19(14-12-18)36-25(24-22(35-36)15-30-16-31-24)27(37)34-26-28(38)32-21-10-6-5-9-20(21)23(33-26)17-7-3-2-4-8-17/h2-16,26,29H,1H3,(H,32,38)(H,34,37)/t26-/m1/s1. The summed E-state index contributed by atoms with van der Waals surface area (Å²) in [6.07, 6.45) is 1.70. The first-order valence-electron chi connectivity index (χ1n) is 11.9. The highest BCUT2D eigenvalue weighted by molar-refractivity contribution is 6.20. The molecule has 0 spiro atoms. The number of para-hydroxylation sites is 1. The first kappa shape index (κ1) is 23.0. The molecule has 1 aliphatic rings. The minimum atomic E-state index is -1.20. The monoisotopic (exact) mass is 502 g/mol. The summed E-state index contributed by atoms with van der Waals surface area (Å²) in [4.78, 5) is 40.1. The van der Waals surface area contributed by atoms with Gasteiger partial charge in [-0.15, -0.1) is 0 Å². The van der Waals surface area contributed by atoms with E-state index in [2.05, 4.69) is 31.0 Å². The van der Waals surface area contributed by atoms with Crippen molar-refractivity contribution in [3.05, 3.63) is 108 Å². The van der Waals surface area contributed by atoms with E-state index in [1.54, 1.807) is 0 Å². The van der Waals surface area contributed by atoms with Crippen LogP contribution in [0.5, 0.6) is 0 Å². The van der Waals surface area contributed by atoms with Gasteiger partial charge in [0, 0.05) is 23.9 Å². The summed E-state index contributed by atoms with van der Waals surface area (Å²) in [6.45, 7) is 0. The van der Waals surface area contributed by atoms with Crippen LogP contribution in [0.4, 0.5) is 11.4 Å². The van der Waals surface area contributed by atoms with E-state index < -0.39 is 18.0 Å². The lowest BCUT2D eigenvalue weighted by molar-refractivity contribution is -0.117. The second-order valence-electron chi connectivity index (χ2n) is 8.57. The Hall–Kier alpha value is -5.38. The molecule has 0 bridgehead atoms. The van der Waals surface area contributed by atoms with Gasteiger partial charge in [0.15, 0.2) is 5.69 Å². The summed E-state index contributed by atoms with van der Waals surface area (Å²) in [5.74, 6) is -1.01. The van der Waals surface area contributed by atoms with Crippen molar-refractivity contribution in [2.45, 2.75) is 6.17 Å². The summed E-state index contributed by atoms with van der Waals surface area (Å²) in [5, 5.41) is 13.3. The van der Waals surface area contributed by atoms with Crippen molar-refractivity contribution in [3.63, 3.8) is 0 Å². The van der Waals surface area contributed by atoms with Gasteiger partial charge in [-0.25, -0.2) is 19.6 Å². The van der Waals surface area contributed by atoms with E-state index in [0.29, 0.717) is 28.1 Å². The Morgan fingerprint density at radius 2 is 1.74 bits per heavy atom. The minimum Gasteiger partial charge on any atom is -0.388 e. The first-order chi connectivity index (χ1) is 18.6. The van der Waals surface area contributed by atoms with Gasteiger partial charge in [0.1, 0.15) is 17.4 Å². The van der Waals surface area contributed by atoms with E-state index in [9.17, 15) is 9.59 Å². The Morgan fingerprint density at radius 1 is 0.974 bits per heavy atom. The number of nitrogens with one attached hydrogen (secondary N) is 3. The van der Waals surface area contributed by atoms with Crippen molar-refractivity contribution in [1.29, 1.82) is 0 Å². The van der Waals surface area contributed by atoms with Crippen molar-refractivity contribution in [2.24, 2.45) is 4.99 Å². The summed E-state index contributed by atoms with van der Waals surface area (Å²) >= 11 is 0. The maximum atomic E-state index is 13.8. The lowest BCUT2D eigenvalue weighted by atomic mass is 10.0. The predicted molar refractivity (Wildman–Crippen MR) is 145 cm³/mol. The van der Waals surface area contributed by atoms with Gasteiger partial charge in [0.2, 0.25) is 6.17 Å². The van der Waals surface area contributed by atoms with Crippen molar-refractivity contribution in [1.82, 2.24) is 25.1 Å². The van der Waals surface area contributed by atoms with Crippen LogP contribution in [0.15, 0.2) is 96.4 Å². The van der Waals surface area contributed by atoms with Crippen LogP contribution in [0.3, 0.4) is 0 Å². The Kier molecular flexibility index (Phi) is 5.81. The molecule has 186 valence electrons. The van der Waals surface area contributed by atoms with E-state index in [-0.39, 0.29) is 5.69 Å². The van der Waals surface area contributed by atoms with Gasteiger partial charge in [0.05, 0.1) is 23.3 Å². The lowest BCUT2D eigenvalue weighted by Crippen LogP contribution is -2.43. The number of nitrogens with zero attached hydrogens (tertiary/aromatic N) is 5. The number of amides is 2. The first-order valence-corrected chi connectivity index (χ1v) is 11.9. The molecule has 0 saturated heterocycles. The van der Waals surface area contributed by atoms with Crippen LogP contribution in [0, 0.1) is 0 Å². The number of aromatic nitrogens is 4. The number of carbonyl (C=O) groups is 2. The van der Waals surface area contributed by atoms with Crippen LogP contribution in [0.1, 0.15) is 21.6 Å². The zero-order valence-corrected chi connectivity index (χ0v) is 20.3. The Morgan fingerprint density at radius 3 is 2.53 bits per heavy atom. The molecule has 3 aromatic carbocycles. The number of hydrogen-bond acceptors (Lipinski definition) is 7. The van der Waals surface area contributed by atoms with Gasteiger partial charge in [-0.1, -0.05) is 48.5 Å². The average molecular weight is 503 g/mol. The fraction of sp³-hybridized carbons (Fsp3) is 0.0714. The third-order valence-corrected chi connectivity index (χ3v) is 6.21. The fourth-order valence-electron chi connectivity index (χ4n) is 4.37. The lowest BCUT2D eigenvalue weighted by Gasteiger charge is -2.14. The summed E-state index contributed by atoms with van der Waals surface area (Å²) < 4.78 is 1.50. The van der Waals surface area contributed by atoms with E-state index >= 15 is 0 Å². The van der Waals surface area contributed by atoms with Gasteiger partial charge in [-0.2, -0.15) is 5.10 Å². The molecule has 0 fully saturated rings. The Bertz CT molecular complexity index is 1690. The van der Waals surface area contributed by atoms with Crippen LogP contribution in [-0.2, 0) is 4.79 Å². The third-order valence-electron chi connectivity index (χ3n) is 6.21. The van der Waals surface area contributed by atoms with Gasteiger partial charge in [-0.05, 0) is 30.3 Å². The molecule has 5 aromatic rings. The molecule has 3 heterocycles. The number of carbonyl (C=O) groups excluding carboxylic acids is 2. The zero-order chi connectivity index (χ0) is 26.1. The number of hydrogen-bond donors (Lipinski definition) is 3. The molecule has 38 heavy (non-hydrogen) atoms. The summed E-state index contributed by atoms with van der Waals surface area (Å²) in [6, 6.07) is 24.4. The van der Waals surface area contributed by atoms with E-state index in [1.165, 1.54) is 17.2 Å². The largest absolute Gasteiger partial charge is 0.388 e. The molecule has 0 unspecified atom stereocenters. The second kappa shape index (κ2) is 9.58. The number of rotatable bonds is 5. The molecule has 10 nitrogen and oxygen atoms in total. The molecule has 0 saturated carbocycles. The highest BCUT2D eigenvalue weighted by Crippen LogP contribution is 2.25. The van der Waals surface area contributed by atoms with E-state index in [0.717, 1.165) is 16.8 Å². The molecule has 6 rings (SSSR count). The average Bonchev–Trinajstić information content (AvgIpc) is 3.29. The van der Waals surface area contributed by atoms with Crippen LogP contribution in [0.2, 0.25) is 0 Å². The number of benzene rings is 3. The predicted octanol–water partition coefficient (Wildman–Crippen LogP) is 3.40. The topological polar surface area (TPSA) is 126 Å². The smallest absolute Gasteiger partial charge is 0.274 e. The van der Waals surface area contributed by atoms with Crippen molar-refractivity contribution in [2.75, 3.05) is 17.7 Å². The fourth-order valence-corrected chi connectivity index (χ4v) is 4.37. The molecule has 2 amide bonds. The molecule has 0 aliphatic carbocycles. The number of aliphatic imine (C=N–C) groups is 1. The normalized spacial score (nSPS) is 14.7.